The second-order valence-corrected chi connectivity index (χ2v) is 8.51. The Hall–Kier alpha value is -1.08. The molecule has 156 valence electrons. The molecular formula is C20H21Cl4N3OS. The van der Waals surface area contributed by atoms with Crippen LogP contribution in [0.4, 0.5) is 5.13 Å². The summed E-state index contributed by atoms with van der Waals surface area (Å²) in [6.07, 6.45) is 0. The molecule has 0 N–H and O–H groups in total. The van der Waals surface area contributed by atoms with Crippen molar-refractivity contribution in [2.75, 3.05) is 31.1 Å². The number of benzene rings is 2. The van der Waals surface area contributed by atoms with Gasteiger partial charge in [-0.15, -0.1) is 12.4 Å². The van der Waals surface area contributed by atoms with Crippen LogP contribution in [0.15, 0.2) is 36.4 Å². The smallest absolute Gasteiger partial charge is 0.260 e. The van der Waals surface area contributed by atoms with Crippen molar-refractivity contribution in [2.24, 2.45) is 0 Å². The maximum Gasteiger partial charge on any atom is 0.260 e. The van der Waals surface area contributed by atoms with Crippen molar-refractivity contribution in [1.82, 2.24) is 9.88 Å². The van der Waals surface area contributed by atoms with Crippen molar-refractivity contribution >= 4 is 79.8 Å². The quantitative estimate of drug-likeness (QED) is 0.369. The van der Waals surface area contributed by atoms with Gasteiger partial charge in [0.05, 0.1) is 9.72 Å². The molecular weight excluding hydrogens is 472 g/mol. The molecule has 0 aliphatic rings. The fourth-order valence-corrected chi connectivity index (χ4v) is 4.73. The number of nitrogens with zero attached hydrogens (tertiary/aromatic N) is 3. The van der Waals surface area contributed by atoms with Crippen LogP contribution in [0.1, 0.15) is 24.2 Å². The monoisotopic (exact) mass is 491 g/mol. The third-order valence-corrected chi connectivity index (χ3v) is 6.26. The predicted octanol–water partition coefficient (Wildman–Crippen LogP) is 6.67. The SMILES string of the molecule is CCN(CC)CCN(C(=O)c1cc(Cl)cc(Cl)c1)c1nc2c(Cl)cccc2s1.Cl. The molecule has 0 aliphatic carbocycles. The minimum Gasteiger partial charge on any atom is -0.302 e. The van der Waals surface area contributed by atoms with Gasteiger partial charge >= 0.3 is 0 Å². The van der Waals surface area contributed by atoms with Gasteiger partial charge in [-0.1, -0.05) is 66.1 Å². The second-order valence-electron chi connectivity index (χ2n) is 6.22. The van der Waals surface area contributed by atoms with Crippen LogP contribution in [0.5, 0.6) is 0 Å². The molecule has 0 bridgehead atoms. The highest BCUT2D eigenvalue weighted by Gasteiger charge is 2.23. The molecule has 0 unspecified atom stereocenters. The molecule has 9 heteroatoms. The first-order chi connectivity index (χ1) is 13.4. The van der Waals surface area contributed by atoms with Crippen LogP contribution >= 0.6 is 58.5 Å². The Morgan fingerprint density at radius 3 is 2.28 bits per heavy atom. The zero-order valence-corrected chi connectivity index (χ0v) is 19.9. The summed E-state index contributed by atoms with van der Waals surface area (Å²) in [4.78, 5) is 21.9. The molecule has 0 aliphatic heterocycles. The fourth-order valence-electron chi connectivity index (χ4n) is 2.92. The molecule has 1 heterocycles. The normalized spacial score (nSPS) is 11.0. The summed E-state index contributed by atoms with van der Waals surface area (Å²) in [7, 11) is 0. The van der Waals surface area contributed by atoms with E-state index in [1.165, 1.54) is 11.3 Å². The number of carbonyl (C=O) groups excluding carboxylic acids is 1. The van der Waals surface area contributed by atoms with Gasteiger partial charge in [0.15, 0.2) is 5.13 Å². The third kappa shape index (κ3) is 5.75. The topological polar surface area (TPSA) is 36.4 Å². The number of thiazole rings is 1. The molecule has 0 saturated carbocycles. The fraction of sp³-hybridized carbons (Fsp3) is 0.300. The van der Waals surface area contributed by atoms with Gasteiger partial charge in [0.1, 0.15) is 5.52 Å². The van der Waals surface area contributed by atoms with Crippen molar-refractivity contribution in [3.8, 4) is 0 Å². The van der Waals surface area contributed by atoms with Crippen molar-refractivity contribution < 1.29 is 4.79 Å². The van der Waals surface area contributed by atoms with E-state index < -0.39 is 0 Å². The van der Waals surface area contributed by atoms with Gasteiger partial charge in [-0.3, -0.25) is 9.69 Å². The molecule has 4 nitrogen and oxygen atoms in total. The van der Waals surface area contributed by atoms with Crippen LogP contribution < -0.4 is 4.90 Å². The predicted molar refractivity (Wildman–Crippen MR) is 128 cm³/mol. The lowest BCUT2D eigenvalue weighted by Gasteiger charge is -2.25. The Balaban J connectivity index is 0.00000300. The van der Waals surface area contributed by atoms with E-state index in [0.29, 0.717) is 37.8 Å². The number of amides is 1. The van der Waals surface area contributed by atoms with Gasteiger partial charge in [-0.2, -0.15) is 0 Å². The standard InChI is InChI=1S/C20H20Cl3N3OS.ClH/c1-3-25(4-2)8-9-26(19(27)13-10-14(21)12-15(22)11-13)20-24-18-16(23)6-5-7-17(18)28-20;/h5-7,10-12H,3-4,8-9H2,1-2H3;1H. The largest absolute Gasteiger partial charge is 0.302 e. The van der Waals surface area contributed by atoms with Crippen molar-refractivity contribution in [3.63, 3.8) is 0 Å². The molecule has 3 aromatic rings. The average molecular weight is 493 g/mol. The summed E-state index contributed by atoms with van der Waals surface area (Å²) < 4.78 is 0.937. The molecule has 3 rings (SSSR count). The molecule has 0 fully saturated rings. The Morgan fingerprint density at radius 2 is 1.69 bits per heavy atom. The number of fused-ring (bicyclic) bond motifs is 1. The Kier molecular flexibility index (Phi) is 9.01. The number of likely N-dealkylation sites (N-methyl/N-ethyl adjacent to an activating group) is 1. The van der Waals surface area contributed by atoms with E-state index in [1.54, 1.807) is 29.2 Å². The number of para-hydroxylation sites is 1. The maximum atomic E-state index is 13.3. The minimum atomic E-state index is -0.188. The van der Waals surface area contributed by atoms with E-state index in [-0.39, 0.29) is 18.3 Å². The van der Waals surface area contributed by atoms with Gasteiger partial charge < -0.3 is 4.90 Å². The molecule has 0 atom stereocenters. The number of halogens is 4. The van der Waals surface area contributed by atoms with Crippen LogP contribution in [0.3, 0.4) is 0 Å². The van der Waals surface area contributed by atoms with Crippen LogP contribution in [-0.2, 0) is 0 Å². The molecule has 0 radical (unpaired) electrons. The lowest BCUT2D eigenvalue weighted by Crippen LogP contribution is -2.38. The zero-order valence-electron chi connectivity index (χ0n) is 16.0. The van der Waals surface area contributed by atoms with E-state index in [9.17, 15) is 4.79 Å². The van der Waals surface area contributed by atoms with Crippen LogP contribution in [-0.4, -0.2) is 42.0 Å². The van der Waals surface area contributed by atoms with Crippen LogP contribution in [0, 0.1) is 0 Å². The van der Waals surface area contributed by atoms with E-state index >= 15 is 0 Å². The number of hydrogen-bond acceptors (Lipinski definition) is 4. The molecule has 0 spiro atoms. The highest BCUT2D eigenvalue weighted by atomic mass is 35.5. The van der Waals surface area contributed by atoms with Crippen LogP contribution in [0.2, 0.25) is 15.1 Å². The van der Waals surface area contributed by atoms with Gasteiger partial charge in [-0.25, -0.2) is 4.98 Å². The number of hydrogen-bond donors (Lipinski definition) is 0. The Labute approximate surface area is 195 Å². The summed E-state index contributed by atoms with van der Waals surface area (Å²) in [5.74, 6) is -0.188. The van der Waals surface area contributed by atoms with E-state index in [4.69, 9.17) is 34.8 Å². The summed E-state index contributed by atoms with van der Waals surface area (Å²) in [5, 5.41) is 2.03. The summed E-state index contributed by atoms with van der Waals surface area (Å²) in [6, 6.07) is 10.5. The zero-order chi connectivity index (χ0) is 20.3. The van der Waals surface area contributed by atoms with E-state index in [1.807, 2.05) is 12.1 Å². The number of aromatic nitrogens is 1. The lowest BCUT2D eigenvalue weighted by molar-refractivity contribution is 0.0984. The minimum absolute atomic E-state index is 0. The van der Waals surface area contributed by atoms with Crippen molar-refractivity contribution in [3.05, 3.63) is 57.0 Å². The van der Waals surface area contributed by atoms with Crippen LogP contribution in [0.25, 0.3) is 10.2 Å². The number of carbonyl (C=O) groups is 1. The summed E-state index contributed by atoms with van der Waals surface area (Å²) in [6.45, 7) is 7.26. The van der Waals surface area contributed by atoms with Gasteiger partial charge in [0.25, 0.3) is 5.91 Å². The van der Waals surface area contributed by atoms with Crippen molar-refractivity contribution in [2.45, 2.75) is 13.8 Å². The lowest BCUT2D eigenvalue weighted by atomic mass is 10.2. The summed E-state index contributed by atoms with van der Waals surface area (Å²) in [5.41, 5.74) is 1.14. The van der Waals surface area contributed by atoms with Gasteiger partial charge in [0, 0.05) is 28.7 Å². The van der Waals surface area contributed by atoms with Crippen molar-refractivity contribution in [1.29, 1.82) is 0 Å². The Morgan fingerprint density at radius 1 is 1.03 bits per heavy atom. The highest BCUT2D eigenvalue weighted by molar-refractivity contribution is 7.22. The number of anilines is 1. The third-order valence-electron chi connectivity index (χ3n) is 4.48. The molecule has 29 heavy (non-hydrogen) atoms. The first kappa shape index (κ1) is 24.2. The van der Waals surface area contributed by atoms with E-state index in [0.717, 1.165) is 24.3 Å². The number of rotatable bonds is 7. The molecule has 1 aromatic heterocycles. The highest BCUT2D eigenvalue weighted by Crippen LogP contribution is 2.33. The molecule has 2 aromatic carbocycles. The average Bonchev–Trinajstić information content (AvgIpc) is 3.09. The molecule has 1 amide bonds. The Bertz CT molecular complexity index is 971. The second kappa shape index (κ2) is 10.8. The summed E-state index contributed by atoms with van der Waals surface area (Å²) >= 11 is 19.9. The first-order valence-corrected chi connectivity index (χ1v) is 10.9. The van der Waals surface area contributed by atoms with E-state index in [2.05, 4.69) is 23.7 Å². The first-order valence-electron chi connectivity index (χ1n) is 8.98. The molecule has 0 saturated heterocycles. The maximum absolute atomic E-state index is 13.3. The van der Waals surface area contributed by atoms with Gasteiger partial charge in [-0.05, 0) is 43.4 Å². The van der Waals surface area contributed by atoms with Gasteiger partial charge in [0.2, 0.25) is 0 Å².